The van der Waals surface area contributed by atoms with E-state index in [1.54, 1.807) is 19.1 Å². The maximum absolute atomic E-state index is 12.4. The van der Waals surface area contributed by atoms with Crippen molar-refractivity contribution in [2.24, 2.45) is 5.92 Å². The Kier molecular flexibility index (Phi) is 4.66. The highest BCUT2D eigenvalue weighted by molar-refractivity contribution is 6.05. The van der Waals surface area contributed by atoms with Crippen molar-refractivity contribution in [2.45, 2.75) is 44.9 Å². The Morgan fingerprint density at radius 2 is 1.90 bits per heavy atom. The monoisotopic (exact) mass is 290 g/mol. The highest BCUT2D eigenvalue weighted by Gasteiger charge is 2.49. The number of carboxylic acid groups (broad SMARTS) is 1. The largest absolute Gasteiger partial charge is 0.480 e. The van der Waals surface area contributed by atoms with Crippen molar-refractivity contribution in [3.8, 4) is 0 Å². The molecule has 0 aliphatic heterocycles. The van der Waals surface area contributed by atoms with E-state index in [0.29, 0.717) is 17.9 Å². The van der Waals surface area contributed by atoms with Gasteiger partial charge in [-0.05, 0) is 38.2 Å². The molecule has 1 aromatic rings. The van der Waals surface area contributed by atoms with Gasteiger partial charge in [-0.2, -0.15) is 0 Å². The van der Waals surface area contributed by atoms with Gasteiger partial charge >= 0.3 is 11.9 Å². The molecular formula is C17H22O4. The molecule has 0 aromatic heterocycles. The summed E-state index contributed by atoms with van der Waals surface area (Å²) in [5.41, 5.74) is -0.0319. The van der Waals surface area contributed by atoms with Gasteiger partial charge in [-0.25, -0.2) is 0 Å². The summed E-state index contributed by atoms with van der Waals surface area (Å²) in [5, 5.41) is 9.78. The normalized spacial score (nSPS) is 17.0. The van der Waals surface area contributed by atoms with Gasteiger partial charge in [-0.1, -0.05) is 42.7 Å². The van der Waals surface area contributed by atoms with Gasteiger partial charge in [0, 0.05) is 0 Å². The summed E-state index contributed by atoms with van der Waals surface area (Å²) in [6.45, 7) is 3.81. The number of carbonyl (C=O) groups is 2. The van der Waals surface area contributed by atoms with E-state index >= 15 is 0 Å². The van der Waals surface area contributed by atoms with E-state index in [9.17, 15) is 14.7 Å². The molecular weight excluding hydrogens is 268 g/mol. The Bertz CT molecular complexity index is 516. The van der Waals surface area contributed by atoms with E-state index in [4.69, 9.17) is 4.74 Å². The fourth-order valence-electron chi connectivity index (χ4n) is 2.60. The molecule has 1 N–H and O–H groups in total. The van der Waals surface area contributed by atoms with Gasteiger partial charge in [-0.3, -0.25) is 9.59 Å². The third kappa shape index (κ3) is 3.26. The van der Waals surface area contributed by atoms with E-state index in [1.807, 2.05) is 19.1 Å². The molecule has 21 heavy (non-hydrogen) atoms. The van der Waals surface area contributed by atoms with Gasteiger partial charge in [0.15, 0.2) is 5.41 Å². The Labute approximate surface area is 125 Å². The van der Waals surface area contributed by atoms with Gasteiger partial charge in [0.1, 0.15) is 0 Å². The summed E-state index contributed by atoms with van der Waals surface area (Å²) in [6.07, 6.45) is 3.31. The van der Waals surface area contributed by atoms with Crippen LogP contribution in [-0.2, 0) is 19.7 Å². The Hall–Kier alpha value is -1.84. The molecule has 4 nitrogen and oxygen atoms in total. The molecule has 0 saturated heterocycles. The summed E-state index contributed by atoms with van der Waals surface area (Å²) in [4.78, 5) is 24.4. The first-order valence-corrected chi connectivity index (χ1v) is 7.48. The standard InChI is InChI=1S/C17H22O4/c1-3-21-16(20)17(15(18)19,11-10-13-6-7-13)14-8-4-12(2)5-9-14/h4-5,8-9,13H,3,6-7,10-11H2,1-2H3,(H,18,19). The fourth-order valence-corrected chi connectivity index (χ4v) is 2.60. The summed E-state index contributed by atoms with van der Waals surface area (Å²) < 4.78 is 5.09. The lowest BCUT2D eigenvalue weighted by Crippen LogP contribution is -2.45. The number of hydrogen-bond donors (Lipinski definition) is 1. The van der Waals surface area contributed by atoms with Crippen LogP contribution in [0.4, 0.5) is 0 Å². The van der Waals surface area contributed by atoms with Crippen LogP contribution in [0, 0.1) is 12.8 Å². The minimum atomic E-state index is -1.58. The molecule has 0 bridgehead atoms. The number of aliphatic carboxylic acids is 1. The molecule has 1 aliphatic rings. The molecule has 1 aromatic carbocycles. The van der Waals surface area contributed by atoms with Crippen molar-refractivity contribution in [1.29, 1.82) is 0 Å². The molecule has 0 amide bonds. The molecule has 1 fully saturated rings. The van der Waals surface area contributed by atoms with Crippen LogP contribution >= 0.6 is 0 Å². The molecule has 0 radical (unpaired) electrons. The Morgan fingerprint density at radius 1 is 1.29 bits per heavy atom. The molecule has 2 rings (SSSR count). The van der Waals surface area contributed by atoms with Crippen LogP contribution in [0.5, 0.6) is 0 Å². The van der Waals surface area contributed by atoms with E-state index in [0.717, 1.165) is 24.8 Å². The summed E-state index contributed by atoms with van der Waals surface area (Å²) in [6, 6.07) is 7.13. The quantitative estimate of drug-likeness (QED) is 0.619. The number of carbonyl (C=O) groups excluding carboxylic acids is 1. The van der Waals surface area contributed by atoms with Crippen molar-refractivity contribution < 1.29 is 19.4 Å². The molecule has 114 valence electrons. The molecule has 1 saturated carbocycles. The molecule has 1 unspecified atom stereocenters. The van der Waals surface area contributed by atoms with Crippen LogP contribution in [0.25, 0.3) is 0 Å². The molecule has 1 atom stereocenters. The van der Waals surface area contributed by atoms with E-state index < -0.39 is 17.4 Å². The second-order valence-corrected chi connectivity index (χ2v) is 5.78. The van der Waals surface area contributed by atoms with E-state index in [2.05, 4.69) is 0 Å². The molecule has 4 heteroatoms. The Balaban J connectivity index is 2.39. The number of carboxylic acids is 1. The van der Waals surface area contributed by atoms with Crippen molar-refractivity contribution in [1.82, 2.24) is 0 Å². The lowest BCUT2D eigenvalue weighted by atomic mass is 9.76. The molecule has 0 heterocycles. The second-order valence-electron chi connectivity index (χ2n) is 5.78. The van der Waals surface area contributed by atoms with Crippen LogP contribution < -0.4 is 0 Å². The van der Waals surface area contributed by atoms with Crippen molar-refractivity contribution in [2.75, 3.05) is 6.61 Å². The number of hydrogen-bond acceptors (Lipinski definition) is 3. The van der Waals surface area contributed by atoms with Crippen LogP contribution in [0.3, 0.4) is 0 Å². The lowest BCUT2D eigenvalue weighted by Gasteiger charge is -2.28. The van der Waals surface area contributed by atoms with E-state index in [-0.39, 0.29) is 6.61 Å². The first kappa shape index (κ1) is 15.5. The number of esters is 1. The maximum atomic E-state index is 12.4. The summed E-state index contributed by atoms with van der Waals surface area (Å²) in [7, 11) is 0. The topological polar surface area (TPSA) is 63.6 Å². The highest BCUT2D eigenvalue weighted by Crippen LogP contribution is 2.40. The van der Waals surface area contributed by atoms with Crippen molar-refractivity contribution in [3.63, 3.8) is 0 Å². The van der Waals surface area contributed by atoms with Gasteiger partial charge in [0.05, 0.1) is 6.61 Å². The van der Waals surface area contributed by atoms with Crippen molar-refractivity contribution >= 4 is 11.9 Å². The fraction of sp³-hybridized carbons (Fsp3) is 0.529. The predicted octanol–water partition coefficient (Wildman–Crippen LogP) is 3.07. The van der Waals surface area contributed by atoms with Crippen LogP contribution in [-0.4, -0.2) is 23.7 Å². The van der Waals surface area contributed by atoms with Crippen LogP contribution in [0.15, 0.2) is 24.3 Å². The van der Waals surface area contributed by atoms with Crippen LogP contribution in [0.1, 0.15) is 43.7 Å². The SMILES string of the molecule is CCOC(=O)C(CCC1CC1)(C(=O)O)c1ccc(C)cc1. The predicted molar refractivity (Wildman–Crippen MR) is 79.1 cm³/mol. The van der Waals surface area contributed by atoms with Gasteiger partial charge in [-0.15, -0.1) is 0 Å². The molecule has 0 spiro atoms. The maximum Gasteiger partial charge on any atom is 0.328 e. The zero-order valence-electron chi connectivity index (χ0n) is 12.6. The minimum absolute atomic E-state index is 0.184. The average molecular weight is 290 g/mol. The number of ether oxygens (including phenoxy) is 1. The van der Waals surface area contributed by atoms with E-state index in [1.165, 1.54) is 0 Å². The zero-order chi connectivity index (χ0) is 15.5. The second kappa shape index (κ2) is 6.29. The number of benzene rings is 1. The van der Waals surface area contributed by atoms with Gasteiger partial charge in [0.2, 0.25) is 0 Å². The summed E-state index contributed by atoms with van der Waals surface area (Å²) in [5.74, 6) is -1.21. The smallest absolute Gasteiger partial charge is 0.328 e. The third-order valence-corrected chi connectivity index (χ3v) is 4.16. The van der Waals surface area contributed by atoms with Gasteiger partial charge < -0.3 is 9.84 Å². The number of aryl methyl sites for hydroxylation is 1. The minimum Gasteiger partial charge on any atom is -0.480 e. The van der Waals surface area contributed by atoms with Crippen molar-refractivity contribution in [3.05, 3.63) is 35.4 Å². The third-order valence-electron chi connectivity index (χ3n) is 4.16. The highest BCUT2D eigenvalue weighted by atomic mass is 16.5. The van der Waals surface area contributed by atoms with Gasteiger partial charge in [0.25, 0.3) is 0 Å². The first-order valence-electron chi connectivity index (χ1n) is 7.48. The Morgan fingerprint density at radius 3 is 2.38 bits per heavy atom. The first-order chi connectivity index (χ1) is 10.0. The average Bonchev–Trinajstić information content (AvgIpc) is 3.25. The molecule has 1 aliphatic carbocycles. The number of rotatable bonds is 7. The summed E-state index contributed by atoms with van der Waals surface area (Å²) >= 11 is 0. The lowest BCUT2D eigenvalue weighted by molar-refractivity contribution is -0.162. The zero-order valence-corrected chi connectivity index (χ0v) is 12.6. The van der Waals surface area contributed by atoms with Crippen LogP contribution in [0.2, 0.25) is 0 Å².